The average Bonchev–Trinajstić information content (AvgIpc) is 3.34. The van der Waals surface area contributed by atoms with E-state index in [2.05, 4.69) is 28.7 Å². The maximum Gasteiger partial charge on any atom is 0.331 e. The molecule has 1 saturated carbocycles. The lowest BCUT2D eigenvalue weighted by Gasteiger charge is -2.23. The quantitative estimate of drug-likeness (QED) is 0.0660. The van der Waals surface area contributed by atoms with Crippen LogP contribution in [0.2, 0.25) is 0 Å². The zero-order valence-electron chi connectivity index (χ0n) is 26.4. The first kappa shape index (κ1) is 33.1. The van der Waals surface area contributed by atoms with E-state index in [1.165, 1.54) is 20.3 Å². The van der Waals surface area contributed by atoms with Gasteiger partial charge in [0.25, 0.3) is 0 Å². The minimum Gasteiger partial charge on any atom is -0.382 e. The lowest BCUT2D eigenvalue weighted by Crippen LogP contribution is -2.19. The molecule has 0 bridgehead atoms. The first-order chi connectivity index (χ1) is 21.2. The van der Waals surface area contributed by atoms with E-state index in [0.717, 1.165) is 73.2 Å². The van der Waals surface area contributed by atoms with Gasteiger partial charge in [0.2, 0.25) is 5.78 Å². The standard InChI is InChI=1S/C35H45N3O6/c1-5-7-8-12-15-30(36-43-23(3)39)34(41)26-16-18-32-28(21-26)29-22-27(17-19-33(29)38(32)6-2)35(42)31(37-44-24(4)40)20-25-13-10-9-11-14-25/h16-19,21-22,25,35,42H,5-15,20H2,1-4H3. The van der Waals surface area contributed by atoms with Gasteiger partial charge in [-0.1, -0.05) is 74.7 Å². The third-order valence-electron chi connectivity index (χ3n) is 8.43. The number of rotatable bonds is 14. The van der Waals surface area contributed by atoms with Crippen molar-refractivity contribution in [2.75, 3.05) is 0 Å². The number of aliphatic hydroxyl groups is 1. The van der Waals surface area contributed by atoms with Gasteiger partial charge in [-0.15, -0.1) is 0 Å². The summed E-state index contributed by atoms with van der Waals surface area (Å²) in [5, 5.41) is 21.3. The van der Waals surface area contributed by atoms with Gasteiger partial charge in [0.15, 0.2) is 0 Å². The molecule has 1 aliphatic carbocycles. The Morgan fingerprint density at radius 1 is 0.886 bits per heavy atom. The van der Waals surface area contributed by atoms with Crippen molar-refractivity contribution >= 4 is 51.0 Å². The van der Waals surface area contributed by atoms with Crippen molar-refractivity contribution in [3.05, 3.63) is 47.5 Å². The number of oxime groups is 2. The van der Waals surface area contributed by atoms with Gasteiger partial charge in [0.05, 0.1) is 5.71 Å². The SMILES string of the molecule is CCCCCCC(=NOC(C)=O)C(=O)c1ccc2c(c1)c1cc(C(O)C(CC3CCCCC3)=NOC(C)=O)ccc1n2CC. The van der Waals surface area contributed by atoms with Crippen molar-refractivity contribution in [2.24, 2.45) is 16.2 Å². The average molecular weight is 604 g/mol. The number of nitrogens with zero attached hydrogens (tertiary/aromatic N) is 3. The normalized spacial score (nSPS) is 15.5. The van der Waals surface area contributed by atoms with Crippen LogP contribution in [0.25, 0.3) is 21.8 Å². The monoisotopic (exact) mass is 603 g/mol. The maximum absolute atomic E-state index is 13.6. The third-order valence-corrected chi connectivity index (χ3v) is 8.43. The van der Waals surface area contributed by atoms with Crippen LogP contribution < -0.4 is 0 Å². The number of benzene rings is 2. The number of aliphatic hydroxyl groups excluding tert-OH is 1. The summed E-state index contributed by atoms with van der Waals surface area (Å²) in [5.41, 5.74) is 3.69. The van der Waals surface area contributed by atoms with Crippen molar-refractivity contribution in [1.82, 2.24) is 4.57 Å². The number of aryl methyl sites for hydroxylation is 1. The Morgan fingerprint density at radius 2 is 1.55 bits per heavy atom. The molecule has 1 fully saturated rings. The van der Waals surface area contributed by atoms with Gasteiger partial charge in [-0.3, -0.25) is 4.79 Å². The number of Topliss-reactive ketones (excluding diaryl/α,β-unsaturated/α-hetero) is 1. The molecule has 0 saturated heterocycles. The lowest BCUT2D eigenvalue weighted by atomic mass is 9.84. The first-order valence-electron chi connectivity index (χ1n) is 16.0. The van der Waals surface area contributed by atoms with Gasteiger partial charge in [-0.25, -0.2) is 9.59 Å². The summed E-state index contributed by atoms with van der Waals surface area (Å²) in [6, 6.07) is 11.4. The second-order valence-electron chi connectivity index (χ2n) is 11.8. The van der Waals surface area contributed by atoms with E-state index in [4.69, 9.17) is 9.68 Å². The molecule has 1 aromatic heterocycles. The fraction of sp³-hybridized carbons (Fsp3) is 0.514. The summed E-state index contributed by atoms with van der Waals surface area (Å²) in [6.45, 7) is 7.46. The van der Waals surface area contributed by atoms with Gasteiger partial charge in [0.1, 0.15) is 11.8 Å². The molecule has 2 aromatic carbocycles. The van der Waals surface area contributed by atoms with Crippen LogP contribution in [0.3, 0.4) is 0 Å². The van der Waals surface area contributed by atoms with E-state index in [1.807, 2.05) is 30.3 Å². The molecule has 1 atom stereocenters. The molecule has 1 N–H and O–H groups in total. The number of aromatic nitrogens is 1. The van der Waals surface area contributed by atoms with Crippen LogP contribution in [0.5, 0.6) is 0 Å². The topological polar surface area (TPSA) is 120 Å². The number of carbonyl (C=O) groups is 3. The Labute approximate surface area is 259 Å². The minimum atomic E-state index is -1.05. The Hall–Kier alpha value is -3.85. The van der Waals surface area contributed by atoms with Crippen LogP contribution >= 0.6 is 0 Å². The third kappa shape index (κ3) is 8.20. The summed E-state index contributed by atoms with van der Waals surface area (Å²) in [7, 11) is 0. The number of hydrogen-bond acceptors (Lipinski definition) is 8. The summed E-state index contributed by atoms with van der Waals surface area (Å²) in [6.07, 6.45) is 9.43. The van der Waals surface area contributed by atoms with Crippen LogP contribution in [0.15, 0.2) is 46.7 Å². The molecule has 3 aromatic rings. The van der Waals surface area contributed by atoms with Gasteiger partial charge >= 0.3 is 11.9 Å². The van der Waals surface area contributed by atoms with E-state index in [1.54, 1.807) is 6.07 Å². The minimum absolute atomic E-state index is 0.222. The van der Waals surface area contributed by atoms with E-state index < -0.39 is 18.0 Å². The summed E-state index contributed by atoms with van der Waals surface area (Å²) in [4.78, 5) is 46.6. The van der Waals surface area contributed by atoms with Crippen molar-refractivity contribution in [2.45, 2.75) is 111 Å². The Morgan fingerprint density at radius 3 is 2.20 bits per heavy atom. The van der Waals surface area contributed by atoms with E-state index >= 15 is 0 Å². The second-order valence-corrected chi connectivity index (χ2v) is 11.8. The Kier molecular flexibility index (Phi) is 11.8. The fourth-order valence-corrected chi connectivity index (χ4v) is 6.18. The maximum atomic E-state index is 13.6. The largest absolute Gasteiger partial charge is 0.382 e. The highest BCUT2D eigenvalue weighted by Gasteiger charge is 2.24. The van der Waals surface area contributed by atoms with Crippen LogP contribution in [-0.4, -0.2) is 38.8 Å². The molecule has 1 heterocycles. The van der Waals surface area contributed by atoms with E-state index in [9.17, 15) is 19.5 Å². The molecule has 1 aliphatic rings. The highest BCUT2D eigenvalue weighted by molar-refractivity contribution is 6.46. The number of carbonyl (C=O) groups excluding carboxylic acids is 3. The van der Waals surface area contributed by atoms with Crippen molar-refractivity contribution in [3.8, 4) is 0 Å². The van der Waals surface area contributed by atoms with Gasteiger partial charge in [-0.05, 0) is 68.0 Å². The molecule has 0 radical (unpaired) electrons. The predicted octanol–water partition coefficient (Wildman–Crippen LogP) is 7.81. The summed E-state index contributed by atoms with van der Waals surface area (Å²) < 4.78 is 2.17. The fourth-order valence-electron chi connectivity index (χ4n) is 6.18. The molecule has 0 amide bonds. The zero-order chi connectivity index (χ0) is 31.6. The van der Waals surface area contributed by atoms with Crippen LogP contribution in [0.1, 0.15) is 120 Å². The van der Waals surface area contributed by atoms with Crippen molar-refractivity contribution in [3.63, 3.8) is 0 Å². The highest BCUT2D eigenvalue weighted by atomic mass is 16.7. The number of hydrogen-bond donors (Lipinski definition) is 1. The molecule has 4 rings (SSSR count). The molecule has 44 heavy (non-hydrogen) atoms. The summed E-state index contributed by atoms with van der Waals surface area (Å²) in [5.74, 6) is -0.992. The van der Waals surface area contributed by atoms with E-state index in [0.29, 0.717) is 42.1 Å². The second kappa shape index (κ2) is 15.7. The molecule has 1 unspecified atom stereocenters. The number of ketones is 1. The van der Waals surface area contributed by atoms with E-state index in [-0.39, 0.29) is 11.5 Å². The van der Waals surface area contributed by atoms with Gasteiger partial charge in [-0.2, -0.15) is 0 Å². The van der Waals surface area contributed by atoms with Crippen LogP contribution in [0, 0.1) is 5.92 Å². The Bertz CT molecular complexity index is 1550. The van der Waals surface area contributed by atoms with Crippen molar-refractivity contribution in [1.29, 1.82) is 0 Å². The number of fused-ring (bicyclic) bond motifs is 3. The lowest BCUT2D eigenvalue weighted by molar-refractivity contribution is -0.141. The highest BCUT2D eigenvalue weighted by Crippen LogP contribution is 2.34. The number of unbranched alkanes of at least 4 members (excludes halogenated alkanes) is 3. The van der Waals surface area contributed by atoms with Gasteiger partial charge < -0.3 is 19.3 Å². The molecule has 0 spiro atoms. The predicted molar refractivity (Wildman–Crippen MR) is 173 cm³/mol. The molecule has 0 aliphatic heterocycles. The molecular formula is C35H45N3O6. The smallest absolute Gasteiger partial charge is 0.331 e. The zero-order valence-corrected chi connectivity index (χ0v) is 26.4. The van der Waals surface area contributed by atoms with Crippen LogP contribution in [-0.2, 0) is 25.8 Å². The van der Waals surface area contributed by atoms with Crippen molar-refractivity contribution < 1.29 is 29.2 Å². The molecule has 9 heteroatoms. The van der Waals surface area contributed by atoms with Crippen LogP contribution in [0.4, 0.5) is 0 Å². The van der Waals surface area contributed by atoms with Gasteiger partial charge in [0, 0.05) is 47.8 Å². The molecule has 236 valence electrons. The first-order valence-corrected chi connectivity index (χ1v) is 16.0. The summed E-state index contributed by atoms with van der Waals surface area (Å²) >= 11 is 0. The molecular weight excluding hydrogens is 558 g/mol. The molecule has 9 nitrogen and oxygen atoms in total. The Balaban J connectivity index is 1.72.